The van der Waals surface area contributed by atoms with Gasteiger partial charge in [0, 0.05) is 11.6 Å². The zero-order valence-electron chi connectivity index (χ0n) is 12.8. The van der Waals surface area contributed by atoms with E-state index in [4.69, 9.17) is 10.7 Å². The van der Waals surface area contributed by atoms with Gasteiger partial charge in [0.2, 0.25) is 0 Å². The molecule has 2 N–H and O–H groups in total. The molecule has 0 saturated heterocycles. The Morgan fingerprint density at radius 2 is 1.90 bits per heavy atom. The summed E-state index contributed by atoms with van der Waals surface area (Å²) in [6.07, 6.45) is 6.01. The molecule has 1 aliphatic carbocycles. The molecular formula is C17H25N3. The first-order valence-corrected chi connectivity index (χ1v) is 7.79. The molecule has 2 aromatic rings. The number of imidazole rings is 1. The van der Waals surface area contributed by atoms with E-state index in [0.717, 1.165) is 24.2 Å². The molecule has 1 heterocycles. The van der Waals surface area contributed by atoms with Crippen molar-refractivity contribution in [2.24, 2.45) is 5.73 Å². The summed E-state index contributed by atoms with van der Waals surface area (Å²) in [6.45, 7) is 6.49. The molecule has 0 atom stereocenters. The SMILES string of the molecule is Cc1nc2cc(C3(N)CCCCC3)ccc2n1C(C)C. The third-order valence-electron chi connectivity index (χ3n) is 4.70. The Bertz CT molecular complexity index is 618. The fraction of sp³-hybridized carbons (Fsp3) is 0.588. The van der Waals surface area contributed by atoms with E-state index in [1.165, 1.54) is 30.3 Å². The number of nitrogens with two attached hydrogens (primary N) is 1. The highest BCUT2D eigenvalue weighted by atomic mass is 15.1. The maximum atomic E-state index is 6.64. The van der Waals surface area contributed by atoms with Gasteiger partial charge in [-0.15, -0.1) is 0 Å². The highest BCUT2D eigenvalue weighted by Crippen LogP contribution is 2.36. The van der Waals surface area contributed by atoms with Gasteiger partial charge >= 0.3 is 0 Å². The zero-order chi connectivity index (χ0) is 14.3. The summed E-state index contributed by atoms with van der Waals surface area (Å²) in [5.74, 6) is 1.09. The van der Waals surface area contributed by atoms with E-state index in [1.54, 1.807) is 0 Å². The minimum Gasteiger partial charge on any atom is -0.326 e. The van der Waals surface area contributed by atoms with Gasteiger partial charge in [-0.25, -0.2) is 4.98 Å². The van der Waals surface area contributed by atoms with Crippen molar-refractivity contribution in [3.05, 3.63) is 29.6 Å². The van der Waals surface area contributed by atoms with Crippen LogP contribution in [0.3, 0.4) is 0 Å². The molecule has 0 radical (unpaired) electrons. The Labute approximate surface area is 121 Å². The molecule has 0 bridgehead atoms. The maximum absolute atomic E-state index is 6.64. The number of hydrogen-bond acceptors (Lipinski definition) is 2. The maximum Gasteiger partial charge on any atom is 0.106 e. The Kier molecular flexibility index (Phi) is 3.33. The van der Waals surface area contributed by atoms with Crippen molar-refractivity contribution in [2.45, 2.75) is 64.5 Å². The summed E-state index contributed by atoms with van der Waals surface area (Å²) in [6, 6.07) is 7.07. The molecule has 0 spiro atoms. The molecule has 1 aliphatic rings. The molecule has 3 rings (SSSR count). The quantitative estimate of drug-likeness (QED) is 0.895. The third kappa shape index (κ3) is 2.14. The number of nitrogens with zero attached hydrogens (tertiary/aromatic N) is 2. The lowest BCUT2D eigenvalue weighted by Gasteiger charge is -2.34. The molecular weight excluding hydrogens is 246 g/mol. The van der Waals surface area contributed by atoms with Gasteiger partial charge in [0.15, 0.2) is 0 Å². The second-order valence-electron chi connectivity index (χ2n) is 6.54. The number of hydrogen-bond donors (Lipinski definition) is 1. The molecule has 0 unspecified atom stereocenters. The lowest BCUT2D eigenvalue weighted by Crippen LogP contribution is -2.38. The second kappa shape index (κ2) is 4.88. The first kappa shape index (κ1) is 13.6. The fourth-order valence-corrected chi connectivity index (χ4v) is 3.65. The third-order valence-corrected chi connectivity index (χ3v) is 4.70. The summed E-state index contributed by atoms with van der Waals surface area (Å²) in [4.78, 5) is 4.73. The van der Waals surface area contributed by atoms with Crippen LogP contribution in [0.5, 0.6) is 0 Å². The van der Waals surface area contributed by atoms with Gasteiger partial charge in [-0.1, -0.05) is 25.3 Å². The molecule has 108 valence electrons. The highest BCUT2D eigenvalue weighted by Gasteiger charge is 2.29. The number of rotatable bonds is 2. The molecule has 1 aromatic heterocycles. The Hall–Kier alpha value is -1.35. The minimum absolute atomic E-state index is 0.137. The molecule has 20 heavy (non-hydrogen) atoms. The van der Waals surface area contributed by atoms with Crippen molar-refractivity contribution < 1.29 is 0 Å². The molecule has 0 amide bonds. The van der Waals surface area contributed by atoms with Crippen LogP contribution in [0.2, 0.25) is 0 Å². The van der Waals surface area contributed by atoms with Gasteiger partial charge < -0.3 is 10.3 Å². The molecule has 0 aliphatic heterocycles. The largest absolute Gasteiger partial charge is 0.326 e. The van der Waals surface area contributed by atoms with E-state index in [2.05, 4.69) is 43.5 Å². The van der Waals surface area contributed by atoms with E-state index in [9.17, 15) is 0 Å². The fourth-order valence-electron chi connectivity index (χ4n) is 3.65. The number of aryl methyl sites for hydroxylation is 1. The smallest absolute Gasteiger partial charge is 0.106 e. The van der Waals surface area contributed by atoms with Crippen LogP contribution in [-0.2, 0) is 5.54 Å². The van der Waals surface area contributed by atoms with Crippen LogP contribution in [0, 0.1) is 6.92 Å². The Morgan fingerprint density at radius 1 is 1.20 bits per heavy atom. The first-order chi connectivity index (χ1) is 9.51. The van der Waals surface area contributed by atoms with Gasteiger partial charge in [-0.05, 0) is 51.3 Å². The monoisotopic (exact) mass is 271 g/mol. The van der Waals surface area contributed by atoms with Gasteiger partial charge in [-0.3, -0.25) is 0 Å². The van der Waals surface area contributed by atoms with Gasteiger partial charge in [-0.2, -0.15) is 0 Å². The van der Waals surface area contributed by atoms with Gasteiger partial charge in [0.1, 0.15) is 5.82 Å². The van der Waals surface area contributed by atoms with Crippen LogP contribution >= 0.6 is 0 Å². The second-order valence-corrected chi connectivity index (χ2v) is 6.54. The number of aromatic nitrogens is 2. The lowest BCUT2D eigenvalue weighted by atomic mass is 9.77. The first-order valence-electron chi connectivity index (χ1n) is 7.79. The predicted octanol–water partition coefficient (Wildman–Crippen LogP) is 4.04. The molecule has 3 nitrogen and oxygen atoms in total. The number of fused-ring (bicyclic) bond motifs is 1. The van der Waals surface area contributed by atoms with E-state index in [1.807, 2.05) is 0 Å². The Morgan fingerprint density at radius 3 is 2.55 bits per heavy atom. The molecule has 1 aromatic carbocycles. The highest BCUT2D eigenvalue weighted by molar-refractivity contribution is 5.77. The van der Waals surface area contributed by atoms with Crippen LogP contribution in [0.15, 0.2) is 18.2 Å². The summed E-state index contributed by atoms with van der Waals surface area (Å²) in [5, 5.41) is 0. The van der Waals surface area contributed by atoms with E-state index < -0.39 is 0 Å². The summed E-state index contributed by atoms with van der Waals surface area (Å²) in [5.41, 5.74) is 10.1. The molecule has 1 saturated carbocycles. The van der Waals surface area contributed by atoms with Crippen molar-refractivity contribution >= 4 is 11.0 Å². The van der Waals surface area contributed by atoms with E-state index >= 15 is 0 Å². The molecule has 1 fully saturated rings. The minimum atomic E-state index is -0.137. The van der Waals surface area contributed by atoms with Gasteiger partial charge in [0.05, 0.1) is 11.0 Å². The number of benzene rings is 1. The zero-order valence-corrected chi connectivity index (χ0v) is 12.8. The van der Waals surface area contributed by atoms with Crippen molar-refractivity contribution in [1.29, 1.82) is 0 Å². The van der Waals surface area contributed by atoms with E-state index in [-0.39, 0.29) is 5.54 Å². The average Bonchev–Trinajstić information content (AvgIpc) is 2.74. The van der Waals surface area contributed by atoms with Crippen molar-refractivity contribution in [3.63, 3.8) is 0 Å². The summed E-state index contributed by atoms with van der Waals surface area (Å²) < 4.78 is 2.29. The van der Waals surface area contributed by atoms with Crippen molar-refractivity contribution in [3.8, 4) is 0 Å². The predicted molar refractivity (Wildman–Crippen MR) is 83.8 cm³/mol. The van der Waals surface area contributed by atoms with Crippen LogP contribution in [0.4, 0.5) is 0 Å². The van der Waals surface area contributed by atoms with Crippen LogP contribution < -0.4 is 5.73 Å². The van der Waals surface area contributed by atoms with Crippen LogP contribution in [-0.4, -0.2) is 9.55 Å². The summed E-state index contributed by atoms with van der Waals surface area (Å²) >= 11 is 0. The average molecular weight is 271 g/mol. The van der Waals surface area contributed by atoms with Crippen molar-refractivity contribution in [2.75, 3.05) is 0 Å². The standard InChI is InChI=1S/C17H25N3/c1-12(2)20-13(3)19-15-11-14(7-8-16(15)20)17(18)9-5-4-6-10-17/h7-8,11-12H,4-6,9-10,18H2,1-3H3. The normalized spacial score (nSPS) is 18.9. The Balaban J connectivity index is 2.07. The van der Waals surface area contributed by atoms with Gasteiger partial charge in [0.25, 0.3) is 0 Å². The lowest BCUT2D eigenvalue weighted by molar-refractivity contribution is 0.302. The van der Waals surface area contributed by atoms with Crippen molar-refractivity contribution in [1.82, 2.24) is 9.55 Å². The van der Waals surface area contributed by atoms with Crippen LogP contribution in [0.1, 0.15) is 63.4 Å². The summed E-state index contributed by atoms with van der Waals surface area (Å²) in [7, 11) is 0. The topological polar surface area (TPSA) is 43.8 Å². The van der Waals surface area contributed by atoms with E-state index in [0.29, 0.717) is 6.04 Å². The van der Waals surface area contributed by atoms with Crippen LogP contribution in [0.25, 0.3) is 11.0 Å². The molecule has 3 heteroatoms.